The van der Waals surface area contributed by atoms with E-state index in [1.54, 1.807) is 6.92 Å². The summed E-state index contributed by atoms with van der Waals surface area (Å²) in [5.41, 5.74) is 2.12. The lowest BCUT2D eigenvalue weighted by molar-refractivity contribution is 0.349. The van der Waals surface area contributed by atoms with Crippen LogP contribution >= 0.6 is 0 Å². The van der Waals surface area contributed by atoms with E-state index in [0.717, 1.165) is 11.3 Å². The van der Waals surface area contributed by atoms with Gasteiger partial charge in [0.25, 0.3) is 11.6 Å². The fraction of sp³-hybridized carbons (Fsp3) is 0.417. The Hall–Kier alpha value is -2.11. The SMILES string of the molecule is COc1nc(C)cc(=O)n1Cc1c(C)noc1C. The second-order valence-electron chi connectivity index (χ2n) is 4.11. The van der Waals surface area contributed by atoms with Crippen molar-refractivity contribution in [2.24, 2.45) is 0 Å². The normalized spacial score (nSPS) is 10.7. The molecule has 0 aliphatic heterocycles. The number of rotatable bonds is 3. The van der Waals surface area contributed by atoms with Gasteiger partial charge in [0.05, 0.1) is 19.3 Å². The Morgan fingerprint density at radius 2 is 2.11 bits per heavy atom. The summed E-state index contributed by atoms with van der Waals surface area (Å²) in [6.45, 7) is 5.75. The van der Waals surface area contributed by atoms with Gasteiger partial charge in [-0.25, -0.2) is 4.98 Å². The van der Waals surface area contributed by atoms with Crippen LogP contribution in [0.15, 0.2) is 15.4 Å². The zero-order valence-corrected chi connectivity index (χ0v) is 10.9. The van der Waals surface area contributed by atoms with Crippen molar-refractivity contribution in [2.75, 3.05) is 7.11 Å². The fourth-order valence-corrected chi connectivity index (χ4v) is 1.78. The van der Waals surface area contributed by atoms with Crippen LogP contribution in [0, 0.1) is 20.8 Å². The summed E-state index contributed by atoms with van der Waals surface area (Å²) in [6, 6.07) is 1.76. The summed E-state index contributed by atoms with van der Waals surface area (Å²) in [5.74, 6) is 0.696. The van der Waals surface area contributed by atoms with Crippen molar-refractivity contribution >= 4 is 0 Å². The summed E-state index contributed by atoms with van der Waals surface area (Å²) < 4.78 is 11.7. The minimum atomic E-state index is -0.153. The molecule has 0 fully saturated rings. The van der Waals surface area contributed by atoms with Gasteiger partial charge in [-0.05, 0) is 20.8 Å². The topological polar surface area (TPSA) is 70.2 Å². The zero-order chi connectivity index (χ0) is 13.3. The van der Waals surface area contributed by atoms with E-state index < -0.39 is 0 Å². The minimum absolute atomic E-state index is 0.153. The smallest absolute Gasteiger partial charge is 0.299 e. The number of methoxy groups -OCH3 is 1. The maximum atomic E-state index is 12.0. The van der Waals surface area contributed by atoms with Crippen LogP contribution in [0.4, 0.5) is 0 Å². The second kappa shape index (κ2) is 4.64. The Labute approximate surface area is 104 Å². The highest BCUT2D eigenvalue weighted by Gasteiger charge is 2.14. The highest BCUT2D eigenvalue weighted by Crippen LogP contribution is 2.15. The number of aromatic nitrogens is 3. The molecule has 0 N–H and O–H groups in total. The Morgan fingerprint density at radius 1 is 1.39 bits per heavy atom. The minimum Gasteiger partial charge on any atom is -0.468 e. The van der Waals surface area contributed by atoms with E-state index in [1.165, 1.54) is 17.7 Å². The van der Waals surface area contributed by atoms with Gasteiger partial charge < -0.3 is 9.26 Å². The van der Waals surface area contributed by atoms with Crippen LogP contribution in [0.5, 0.6) is 6.01 Å². The third-order valence-corrected chi connectivity index (χ3v) is 2.78. The fourth-order valence-electron chi connectivity index (χ4n) is 1.78. The van der Waals surface area contributed by atoms with E-state index in [4.69, 9.17) is 9.26 Å². The molecule has 0 saturated heterocycles. The molecular weight excluding hydrogens is 234 g/mol. The lowest BCUT2D eigenvalue weighted by atomic mass is 10.2. The predicted molar refractivity (Wildman–Crippen MR) is 64.9 cm³/mol. The molecule has 0 bridgehead atoms. The third-order valence-electron chi connectivity index (χ3n) is 2.78. The lowest BCUT2D eigenvalue weighted by Crippen LogP contribution is -2.23. The second-order valence-corrected chi connectivity index (χ2v) is 4.11. The molecule has 2 aromatic rings. The zero-order valence-electron chi connectivity index (χ0n) is 10.9. The van der Waals surface area contributed by atoms with Crippen molar-refractivity contribution in [3.8, 4) is 6.01 Å². The maximum Gasteiger partial charge on any atom is 0.299 e. The highest BCUT2D eigenvalue weighted by atomic mass is 16.5. The molecule has 18 heavy (non-hydrogen) atoms. The standard InChI is InChI=1S/C12H15N3O3/c1-7-5-11(16)15(12(13-7)17-4)6-10-8(2)14-18-9(10)3/h5H,6H2,1-4H3. The first kappa shape index (κ1) is 12.3. The molecule has 2 heterocycles. The first-order valence-corrected chi connectivity index (χ1v) is 5.57. The molecule has 0 unspecified atom stereocenters. The summed E-state index contributed by atoms with van der Waals surface area (Å²) in [4.78, 5) is 16.1. The number of hydrogen-bond donors (Lipinski definition) is 0. The molecule has 96 valence electrons. The molecule has 0 amide bonds. The van der Waals surface area contributed by atoms with Crippen molar-refractivity contribution in [2.45, 2.75) is 27.3 Å². The average molecular weight is 249 g/mol. The average Bonchev–Trinajstić information content (AvgIpc) is 2.63. The Morgan fingerprint density at radius 3 is 2.67 bits per heavy atom. The van der Waals surface area contributed by atoms with Gasteiger partial charge >= 0.3 is 0 Å². The molecule has 0 spiro atoms. The molecule has 0 saturated carbocycles. The van der Waals surface area contributed by atoms with Gasteiger partial charge in [0, 0.05) is 17.3 Å². The maximum absolute atomic E-state index is 12.0. The molecule has 0 aliphatic rings. The quantitative estimate of drug-likeness (QED) is 0.817. The Kier molecular flexibility index (Phi) is 3.18. The van der Waals surface area contributed by atoms with Crippen molar-refractivity contribution in [1.82, 2.24) is 14.7 Å². The van der Waals surface area contributed by atoms with E-state index >= 15 is 0 Å². The van der Waals surface area contributed by atoms with Gasteiger partial charge in [-0.15, -0.1) is 0 Å². The molecule has 2 aromatic heterocycles. The lowest BCUT2D eigenvalue weighted by Gasteiger charge is -2.10. The monoisotopic (exact) mass is 249 g/mol. The molecule has 0 radical (unpaired) electrons. The van der Waals surface area contributed by atoms with Gasteiger partial charge in [-0.3, -0.25) is 9.36 Å². The molecule has 6 nitrogen and oxygen atoms in total. The molecule has 0 aliphatic carbocycles. The van der Waals surface area contributed by atoms with Crippen molar-refractivity contribution in [1.29, 1.82) is 0 Å². The van der Waals surface area contributed by atoms with Gasteiger partial charge in [0.1, 0.15) is 5.76 Å². The van der Waals surface area contributed by atoms with Gasteiger partial charge in [-0.1, -0.05) is 5.16 Å². The van der Waals surface area contributed by atoms with Crippen molar-refractivity contribution in [3.63, 3.8) is 0 Å². The van der Waals surface area contributed by atoms with Crippen LogP contribution in [0.1, 0.15) is 22.7 Å². The van der Waals surface area contributed by atoms with E-state index in [2.05, 4.69) is 10.1 Å². The Bertz CT molecular complexity index is 608. The number of ether oxygens (including phenoxy) is 1. The summed E-state index contributed by atoms with van der Waals surface area (Å²) in [5, 5.41) is 3.86. The molecule has 0 atom stereocenters. The molecule has 0 aromatic carbocycles. The number of aryl methyl sites for hydroxylation is 3. The van der Waals surface area contributed by atoms with Crippen LogP contribution in [0.25, 0.3) is 0 Å². The van der Waals surface area contributed by atoms with Crippen LogP contribution in [-0.2, 0) is 6.54 Å². The first-order valence-electron chi connectivity index (χ1n) is 5.57. The molecule has 6 heteroatoms. The van der Waals surface area contributed by atoms with Crippen LogP contribution in [0.3, 0.4) is 0 Å². The van der Waals surface area contributed by atoms with E-state index in [0.29, 0.717) is 24.0 Å². The van der Waals surface area contributed by atoms with Crippen molar-refractivity contribution < 1.29 is 9.26 Å². The van der Waals surface area contributed by atoms with Crippen LogP contribution < -0.4 is 10.3 Å². The van der Waals surface area contributed by atoms with Crippen LogP contribution in [-0.4, -0.2) is 21.8 Å². The summed E-state index contributed by atoms with van der Waals surface area (Å²) in [7, 11) is 1.49. The summed E-state index contributed by atoms with van der Waals surface area (Å²) in [6.07, 6.45) is 0. The summed E-state index contributed by atoms with van der Waals surface area (Å²) >= 11 is 0. The Balaban J connectivity index is 2.50. The first-order chi connectivity index (χ1) is 8.52. The number of nitrogens with zero attached hydrogens (tertiary/aromatic N) is 3. The largest absolute Gasteiger partial charge is 0.468 e. The van der Waals surface area contributed by atoms with E-state index in [9.17, 15) is 4.79 Å². The molecule has 2 rings (SSSR count). The van der Waals surface area contributed by atoms with E-state index in [1.807, 2.05) is 13.8 Å². The predicted octanol–water partition coefficient (Wildman–Crippen LogP) is 1.21. The highest BCUT2D eigenvalue weighted by molar-refractivity contribution is 5.22. The van der Waals surface area contributed by atoms with Gasteiger partial charge in [0.2, 0.25) is 0 Å². The molecular formula is C12H15N3O3. The van der Waals surface area contributed by atoms with Crippen LogP contribution in [0.2, 0.25) is 0 Å². The van der Waals surface area contributed by atoms with Gasteiger partial charge in [0.15, 0.2) is 0 Å². The van der Waals surface area contributed by atoms with Crippen molar-refractivity contribution in [3.05, 3.63) is 39.1 Å². The van der Waals surface area contributed by atoms with E-state index in [-0.39, 0.29) is 5.56 Å². The number of hydrogen-bond acceptors (Lipinski definition) is 5. The third kappa shape index (κ3) is 2.13. The van der Waals surface area contributed by atoms with Gasteiger partial charge in [-0.2, -0.15) is 0 Å².